The third-order valence-electron chi connectivity index (χ3n) is 3.50. The second-order valence-corrected chi connectivity index (χ2v) is 4.54. The molecule has 16 heavy (non-hydrogen) atoms. The summed E-state index contributed by atoms with van der Waals surface area (Å²) < 4.78 is 13.7. The van der Waals surface area contributed by atoms with Crippen LogP contribution in [0.2, 0.25) is 0 Å². The minimum Gasteiger partial charge on any atom is -0.481 e. The monoisotopic (exact) mass is 222 g/mol. The highest BCUT2D eigenvalue weighted by Crippen LogP contribution is 2.44. The fourth-order valence-electron chi connectivity index (χ4n) is 2.77. The molecule has 1 N–H and O–H groups in total. The molecule has 2 nitrogen and oxygen atoms in total. The highest BCUT2D eigenvalue weighted by atomic mass is 19.1. The number of halogens is 1. The fourth-order valence-corrected chi connectivity index (χ4v) is 2.77. The molecule has 1 fully saturated rings. The predicted octanol–water partition coefficient (Wildman–Crippen LogP) is 3.11. The molecule has 0 bridgehead atoms. The van der Waals surface area contributed by atoms with Gasteiger partial charge >= 0.3 is 5.97 Å². The summed E-state index contributed by atoms with van der Waals surface area (Å²) in [5.41, 5.74) is 0.104. The molecule has 3 heteroatoms. The second-order valence-electron chi connectivity index (χ2n) is 4.54. The van der Waals surface area contributed by atoms with Crippen LogP contribution in [0.4, 0.5) is 4.39 Å². The van der Waals surface area contributed by atoms with Crippen LogP contribution in [0.1, 0.15) is 37.7 Å². The summed E-state index contributed by atoms with van der Waals surface area (Å²) in [6.45, 7) is 0. The molecule has 0 radical (unpaired) electrons. The molecular formula is C13H15FO2. The van der Waals surface area contributed by atoms with Crippen molar-refractivity contribution in [1.29, 1.82) is 0 Å². The van der Waals surface area contributed by atoms with Gasteiger partial charge in [-0.15, -0.1) is 0 Å². The average molecular weight is 222 g/mol. The first-order valence-electron chi connectivity index (χ1n) is 5.61. The van der Waals surface area contributed by atoms with Crippen LogP contribution in [0.5, 0.6) is 0 Å². The minimum absolute atomic E-state index is 0.0356. The third-order valence-corrected chi connectivity index (χ3v) is 3.50. The summed E-state index contributed by atoms with van der Waals surface area (Å²) in [4.78, 5) is 10.9. The van der Waals surface area contributed by atoms with Gasteiger partial charge in [0.25, 0.3) is 0 Å². The Hall–Kier alpha value is -1.38. The molecule has 86 valence electrons. The third kappa shape index (κ3) is 1.94. The zero-order chi connectivity index (χ0) is 11.6. The minimum atomic E-state index is -0.842. The van der Waals surface area contributed by atoms with Crippen molar-refractivity contribution in [2.45, 2.75) is 37.5 Å². The number of hydrogen-bond donors (Lipinski definition) is 1. The van der Waals surface area contributed by atoms with Gasteiger partial charge < -0.3 is 5.11 Å². The van der Waals surface area contributed by atoms with Crippen molar-refractivity contribution in [3.8, 4) is 0 Å². The Labute approximate surface area is 94.1 Å². The van der Waals surface area contributed by atoms with Crippen molar-refractivity contribution in [2.75, 3.05) is 0 Å². The first-order valence-corrected chi connectivity index (χ1v) is 5.61. The van der Waals surface area contributed by atoms with Gasteiger partial charge in [-0.3, -0.25) is 4.79 Å². The van der Waals surface area contributed by atoms with Crippen molar-refractivity contribution >= 4 is 5.97 Å². The largest absolute Gasteiger partial charge is 0.481 e. The van der Waals surface area contributed by atoms with Crippen LogP contribution < -0.4 is 0 Å². The summed E-state index contributed by atoms with van der Waals surface area (Å²) in [6, 6.07) is 6.56. The first-order chi connectivity index (χ1) is 7.64. The molecule has 1 aromatic rings. The van der Waals surface area contributed by atoms with E-state index in [1.54, 1.807) is 18.2 Å². The zero-order valence-corrected chi connectivity index (χ0v) is 9.08. The van der Waals surface area contributed by atoms with Gasteiger partial charge in [0.2, 0.25) is 0 Å². The van der Waals surface area contributed by atoms with Gasteiger partial charge in [0.15, 0.2) is 0 Å². The Balaban J connectivity index is 2.39. The second kappa shape index (κ2) is 4.24. The molecule has 1 saturated carbocycles. The lowest BCUT2D eigenvalue weighted by Gasteiger charge is -2.28. The maximum Gasteiger partial charge on any atom is 0.304 e. The van der Waals surface area contributed by atoms with Crippen molar-refractivity contribution in [1.82, 2.24) is 0 Å². The Morgan fingerprint density at radius 1 is 1.31 bits per heavy atom. The first kappa shape index (κ1) is 11.1. The van der Waals surface area contributed by atoms with E-state index >= 15 is 0 Å². The molecule has 0 aliphatic heterocycles. The molecule has 1 aliphatic rings. The zero-order valence-electron chi connectivity index (χ0n) is 9.08. The molecule has 0 unspecified atom stereocenters. The molecule has 1 aliphatic carbocycles. The summed E-state index contributed by atoms with van der Waals surface area (Å²) in [6.07, 6.45) is 3.57. The topological polar surface area (TPSA) is 37.3 Å². The van der Waals surface area contributed by atoms with E-state index in [0.717, 1.165) is 25.7 Å². The van der Waals surface area contributed by atoms with Gasteiger partial charge in [-0.25, -0.2) is 4.39 Å². The van der Waals surface area contributed by atoms with Crippen LogP contribution in [0.3, 0.4) is 0 Å². The number of rotatable bonds is 3. The van der Waals surface area contributed by atoms with Crippen LogP contribution >= 0.6 is 0 Å². The molecular weight excluding hydrogens is 207 g/mol. The highest BCUT2D eigenvalue weighted by Gasteiger charge is 2.39. The Kier molecular flexibility index (Phi) is 2.95. The lowest BCUT2D eigenvalue weighted by molar-refractivity contribution is -0.138. The molecule has 0 saturated heterocycles. The maximum atomic E-state index is 13.7. The highest BCUT2D eigenvalue weighted by molar-refractivity contribution is 5.69. The van der Waals surface area contributed by atoms with E-state index in [1.165, 1.54) is 6.07 Å². The summed E-state index contributed by atoms with van der Waals surface area (Å²) in [5, 5.41) is 8.97. The molecule has 0 amide bonds. The number of carbonyl (C=O) groups is 1. The average Bonchev–Trinajstić information content (AvgIpc) is 2.67. The SMILES string of the molecule is O=C(O)CC1(c2ccccc2F)CCCC1. The van der Waals surface area contributed by atoms with Crippen molar-refractivity contribution in [3.05, 3.63) is 35.6 Å². The normalized spacial score (nSPS) is 18.6. The number of carboxylic acids is 1. The lowest BCUT2D eigenvalue weighted by Crippen LogP contribution is -2.27. The van der Waals surface area contributed by atoms with Crippen molar-refractivity contribution in [2.24, 2.45) is 0 Å². The van der Waals surface area contributed by atoms with E-state index in [-0.39, 0.29) is 12.2 Å². The number of aliphatic carboxylic acids is 1. The predicted molar refractivity (Wildman–Crippen MR) is 58.8 cm³/mol. The fraction of sp³-hybridized carbons (Fsp3) is 0.462. The van der Waals surface area contributed by atoms with Crippen LogP contribution in [-0.2, 0) is 10.2 Å². The molecule has 2 rings (SSSR count). The van der Waals surface area contributed by atoms with Crippen LogP contribution in [0, 0.1) is 5.82 Å². The summed E-state index contributed by atoms with van der Waals surface area (Å²) in [5.74, 6) is -1.11. The van der Waals surface area contributed by atoms with Gasteiger partial charge in [-0.2, -0.15) is 0 Å². The quantitative estimate of drug-likeness (QED) is 0.853. The number of benzene rings is 1. The van der Waals surface area contributed by atoms with E-state index < -0.39 is 11.4 Å². The summed E-state index contributed by atoms with van der Waals surface area (Å²) >= 11 is 0. The molecule has 0 atom stereocenters. The number of carboxylic acid groups (broad SMARTS) is 1. The Morgan fingerprint density at radius 2 is 1.94 bits per heavy atom. The van der Waals surface area contributed by atoms with E-state index in [9.17, 15) is 9.18 Å². The van der Waals surface area contributed by atoms with E-state index in [4.69, 9.17) is 5.11 Å². The molecule has 1 aromatic carbocycles. The van der Waals surface area contributed by atoms with Crippen LogP contribution in [-0.4, -0.2) is 11.1 Å². The number of hydrogen-bond acceptors (Lipinski definition) is 1. The lowest BCUT2D eigenvalue weighted by atomic mass is 9.76. The van der Waals surface area contributed by atoms with E-state index in [0.29, 0.717) is 5.56 Å². The smallest absolute Gasteiger partial charge is 0.304 e. The maximum absolute atomic E-state index is 13.7. The van der Waals surface area contributed by atoms with Gasteiger partial charge in [-0.1, -0.05) is 31.0 Å². The van der Waals surface area contributed by atoms with E-state index in [2.05, 4.69) is 0 Å². The van der Waals surface area contributed by atoms with Gasteiger partial charge in [0.1, 0.15) is 5.82 Å². The van der Waals surface area contributed by atoms with Gasteiger partial charge in [0, 0.05) is 5.41 Å². The van der Waals surface area contributed by atoms with Crippen molar-refractivity contribution < 1.29 is 14.3 Å². The molecule has 0 aromatic heterocycles. The Morgan fingerprint density at radius 3 is 2.50 bits per heavy atom. The van der Waals surface area contributed by atoms with Crippen LogP contribution in [0.15, 0.2) is 24.3 Å². The standard InChI is InChI=1S/C13H15FO2/c14-11-6-2-1-5-10(11)13(9-12(15)16)7-3-4-8-13/h1-2,5-6H,3-4,7-9H2,(H,15,16). The molecule has 0 heterocycles. The summed E-state index contributed by atoms with van der Waals surface area (Å²) in [7, 11) is 0. The van der Waals surface area contributed by atoms with Gasteiger partial charge in [-0.05, 0) is 24.5 Å². The van der Waals surface area contributed by atoms with E-state index in [1.807, 2.05) is 0 Å². The Bertz CT molecular complexity index is 395. The van der Waals surface area contributed by atoms with Crippen LogP contribution in [0.25, 0.3) is 0 Å². The molecule has 0 spiro atoms. The van der Waals surface area contributed by atoms with Crippen molar-refractivity contribution in [3.63, 3.8) is 0 Å². The van der Waals surface area contributed by atoms with Gasteiger partial charge in [0.05, 0.1) is 6.42 Å².